The summed E-state index contributed by atoms with van der Waals surface area (Å²) in [4.78, 5) is 0. The molecule has 0 atom stereocenters. The molecule has 0 fully saturated rings. The Kier molecular flexibility index (Phi) is 4.63. The Morgan fingerprint density at radius 3 is 2.36 bits per heavy atom. The fourth-order valence-electron chi connectivity index (χ4n) is 0.712. The molecule has 0 aliphatic rings. The maximum Gasteiger partial charge on any atom is 0.211 e. The van der Waals surface area contributed by atoms with Gasteiger partial charge in [-0.3, -0.25) is 0 Å². The van der Waals surface area contributed by atoms with E-state index in [-0.39, 0.29) is 11.7 Å². The lowest BCUT2D eigenvalue weighted by molar-refractivity contribution is 0.569. The third-order valence-corrected chi connectivity index (χ3v) is 2.77. The van der Waals surface area contributed by atoms with Crippen LogP contribution in [-0.2, 0) is 10.0 Å². The largest absolute Gasteiger partial charge is 0.329 e. The number of rotatable bonds is 5. The minimum Gasteiger partial charge on any atom is -0.329 e. The highest BCUT2D eigenvalue weighted by Gasteiger charge is 2.10. The van der Waals surface area contributed by atoms with Gasteiger partial charge in [0.1, 0.15) is 0 Å². The molecule has 5 heteroatoms. The van der Waals surface area contributed by atoms with Crippen LogP contribution in [-0.4, -0.2) is 27.3 Å². The molecule has 0 heterocycles. The van der Waals surface area contributed by atoms with Gasteiger partial charge in [0.15, 0.2) is 0 Å². The second-order valence-corrected chi connectivity index (χ2v) is 4.71. The van der Waals surface area contributed by atoms with E-state index in [0.717, 1.165) is 0 Å². The molecule has 0 aromatic heterocycles. The average Bonchev–Trinajstić information content (AvgIpc) is 1.81. The van der Waals surface area contributed by atoms with Crippen molar-refractivity contribution in [3.05, 3.63) is 0 Å². The van der Waals surface area contributed by atoms with Crippen LogP contribution in [0.4, 0.5) is 0 Å². The molecule has 3 N–H and O–H groups in total. The molecular formula is C6H16N2O2S. The maximum absolute atomic E-state index is 11.0. The van der Waals surface area contributed by atoms with Gasteiger partial charge in [0, 0.05) is 13.1 Å². The zero-order valence-electron chi connectivity index (χ0n) is 7.00. The average molecular weight is 180 g/mol. The van der Waals surface area contributed by atoms with Crippen molar-refractivity contribution in [1.82, 2.24) is 4.72 Å². The van der Waals surface area contributed by atoms with Crippen LogP contribution in [0, 0.1) is 5.92 Å². The molecule has 0 unspecified atom stereocenters. The summed E-state index contributed by atoms with van der Waals surface area (Å²) in [5.41, 5.74) is 5.14. The first-order valence-electron chi connectivity index (χ1n) is 3.65. The highest BCUT2D eigenvalue weighted by Crippen LogP contribution is 1.96. The van der Waals surface area contributed by atoms with Gasteiger partial charge in [-0.1, -0.05) is 13.8 Å². The van der Waals surface area contributed by atoms with Gasteiger partial charge < -0.3 is 5.73 Å². The summed E-state index contributed by atoms with van der Waals surface area (Å²) < 4.78 is 24.5. The molecule has 0 aliphatic heterocycles. The first-order chi connectivity index (χ1) is 4.98. The van der Waals surface area contributed by atoms with E-state index in [1.807, 2.05) is 13.8 Å². The van der Waals surface area contributed by atoms with Crippen molar-refractivity contribution in [2.24, 2.45) is 11.7 Å². The third kappa shape index (κ3) is 6.28. The van der Waals surface area contributed by atoms with Gasteiger partial charge in [-0.25, -0.2) is 13.1 Å². The Bertz CT molecular complexity index is 187. The van der Waals surface area contributed by atoms with E-state index in [0.29, 0.717) is 13.1 Å². The van der Waals surface area contributed by atoms with Crippen LogP contribution < -0.4 is 10.5 Å². The fraction of sp³-hybridized carbons (Fsp3) is 1.00. The van der Waals surface area contributed by atoms with Crippen LogP contribution in [0.15, 0.2) is 0 Å². The highest BCUT2D eigenvalue weighted by molar-refractivity contribution is 7.89. The molecule has 0 bridgehead atoms. The van der Waals surface area contributed by atoms with E-state index in [1.165, 1.54) is 0 Å². The molecule has 11 heavy (non-hydrogen) atoms. The van der Waals surface area contributed by atoms with Crippen molar-refractivity contribution in [2.75, 3.05) is 18.8 Å². The molecule has 4 nitrogen and oxygen atoms in total. The number of hydrogen-bond donors (Lipinski definition) is 2. The Balaban J connectivity index is 3.82. The van der Waals surface area contributed by atoms with Crippen LogP contribution in [0.25, 0.3) is 0 Å². The summed E-state index contributed by atoms with van der Waals surface area (Å²) in [5, 5.41) is 0. The maximum atomic E-state index is 11.0. The van der Waals surface area contributed by atoms with E-state index < -0.39 is 10.0 Å². The van der Waals surface area contributed by atoms with Crippen LogP contribution in [0.5, 0.6) is 0 Å². The van der Waals surface area contributed by atoms with Crippen LogP contribution in [0.3, 0.4) is 0 Å². The summed E-state index contributed by atoms with van der Waals surface area (Å²) in [5.74, 6) is 0.331. The minimum atomic E-state index is -3.07. The van der Waals surface area contributed by atoms with E-state index in [1.54, 1.807) is 0 Å². The Morgan fingerprint density at radius 2 is 2.00 bits per heavy atom. The summed E-state index contributed by atoms with van der Waals surface area (Å²) in [6.07, 6.45) is 0. The monoisotopic (exact) mass is 180 g/mol. The molecule has 0 rings (SSSR count). The topological polar surface area (TPSA) is 72.2 Å². The molecule has 0 aliphatic carbocycles. The zero-order chi connectivity index (χ0) is 8.91. The molecule has 0 amide bonds. The second-order valence-electron chi connectivity index (χ2n) is 2.86. The van der Waals surface area contributed by atoms with Gasteiger partial charge in [-0.05, 0) is 5.92 Å². The summed E-state index contributed by atoms with van der Waals surface area (Å²) in [6, 6.07) is 0. The molecular weight excluding hydrogens is 164 g/mol. The molecule has 68 valence electrons. The van der Waals surface area contributed by atoms with Crippen molar-refractivity contribution >= 4 is 10.0 Å². The van der Waals surface area contributed by atoms with Crippen molar-refractivity contribution < 1.29 is 8.42 Å². The van der Waals surface area contributed by atoms with E-state index in [4.69, 9.17) is 5.73 Å². The lowest BCUT2D eigenvalue weighted by Crippen LogP contribution is -2.32. The predicted octanol–water partition coefficient (Wildman–Crippen LogP) is -0.479. The van der Waals surface area contributed by atoms with E-state index in [2.05, 4.69) is 4.72 Å². The van der Waals surface area contributed by atoms with E-state index >= 15 is 0 Å². The van der Waals surface area contributed by atoms with Gasteiger partial charge in [0.25, 0.3) is 0 Å². The molecule has 0 radical (unpaired) electrons. The Morgan fingerprint density at radius 1 is 1.45 bits per heavy atom. The van der Waals surface area contributed by atoms with Crippen LogP contribution >= 0.6 is 0 Å². The van der Waals surface area contributed by atoms with Gasteiger partial charge in [0.05, 0.1) is 5.75 Å². The first kappa shape index (κ1) is 10.9. The first-order valence-corrected chi connectivity index (χ1v) is 5.30. The standard InChI is InChI=1S/C6H16N2O2S/c1-6(2)5-11(9,10)8-4-3-7/h6,8H,3-5,7H2,1-2H3. The van der Waals surface area contributed by atoms with Gasteiger partial charge in [-0.2, -0.15) is 0 Å². The third-order valence-electron chi connectivity index (χ3n) is 1.02. The minimum absolute atomic E-state index is 0.158. The molecule has 0 aromatic rings. The number of nitrogens with one attached hydrogen (secondary N) is 1. The quantitative estimate of drug-likeness (QED) is 0.600. The lowest BCUT2D eigenvalue weighted by atomic mass is 10.3. The van der Waals surface area contributed by atoms with Crippen molar-refractivity contribution in [2.45, 2.75) is 13.8 Å². The van der Waals surface area contributed by atoms with Crippen molar-refractivity contribution in [3.63, 3.8) is 0 Å². The van der Waals surface area contributed by atoms with Crippen molar-refractivity contribution in [1.29, 1.82) is 0 Å². The van der Waals surface area contributed by atoms with Gasteiger partial charge in [0.2, 0.25) is 10.0 Å². The molecule has 0 spiro atoms. The van der Waals surface area contributed by atoms with Crippen molar-refractivity contribution in [3.8, 4) is 0 Å². The van der Waals surface area contributed by atoms with Gasteiger partial charge in [-0.15, -0.1) is 0 Å². The van der Waals surface area contributed by atoms with E-state index in [9.17, 15) is 8.42 Å². The predicted molar refractivity (Wildman–Crippen MR) is 45.7 cm³/mol. The second kappa shape index (κ2) is 4.69. The SMILES string of the molecule is CC(C)CS(=O)(=O)NCCN. The van der Waals surface area contributed by atoms with Crippen LogP contribution in [0.2, 0.25) is 0 Å². The molecule has 0 saturated carbocycles. The summed E-state index contributed by atoms with van der Waals surface area (Å²) >= 11 is 0. The Labute approximate surface area is 68.2 Å². The molecule has 0 aromatic carbocycles. The molecule has 0 saturated heterocycles. The van der Waals surface area contributed by atoms with Crippen LogP contribution in [0.1, 0.15) is 13.8 Å². The highest BCUT2D eigenvalue weighted by atomic mass is 32.2. The van der Waals surface area contributed by atoms with Gasteiger partial charge >= 0.3 is 0 Å². The fourth-order valence-corrected chi connectivity index (χ4v) is 2.14. The normalized spacial score (nSPS) is 12.4. The smallest absolute Gasteiger partial charge is 0.211 e. The zero-order valence-corrected chi connectivity index (χ0v) is 7.82. The number of nitrogens with two attached hydrogens (primary N) is 1. The summed E-state index contributed by atoms with van der Waals surface area (Å²) in [6.45, 7) is 4.40. The summed E-state index contributed by atoms with van der Waals surface area (Å²) in [7, 11) is -3.07. The number of hydrogen-bond acceptors (Lipinski definition) is 3. The lowest BCUT2D eigenvalue weighted by Gasteiger charge is -2.06. The Hall–Kier alpha value is -0.130. The number of sulfonamides is 1.